The molecule has 2 unspecified atom stereocenters. The van der Waals surface area contributed by atoms with Gasteiger partial charge in [-0.25, -0.2) is 0 Å². The van der Waals surface area contributed by atoms with Gasteiger partial charge in [0.15, 0.2) is 0 Å². The van der Waals surface area contributed by atoms with Crippen LogP contribution in [0.15, 0.2) is 12.2 Å². The molecule has 0 saturated carbocycles. The van der Waals surface area contributed by atoms with Gasteiger partial charge in [-0.2, -0.15) is 0 Å². The Labute approximate surface area is 390 Å². The summed E-state index contributed by atoms with van der Waals surface area (Å²) in [6.45, 7) is 4.39. The third-order valence-corrected chi connectivity index (χ3v) is 13.8. The fraction of sp³-hybridized carbons (Fsp3) is 0.948. The van der Waals surface area contributed by atoms with Crippen molar-refractivity contribution in [2.75, 3.05) is 6.61 Å². The number of hydrogen-bond acceptors (Lipinski definition) is 3. The Hall–Kier alpha value is -0.870. The van der Waals surface area contributed by atoms with Gasteiger partial charge in [0.25, 0.3) is 0 Å². The van der Waals surface area contributed by atoms with Crippen LogP contribution in [-0.2, 0) is 4.79 Å². The van der Waals surface area contributed by atoms with Crippen molar-refractivity contribution in [1.82, 2.24) is 5.32 Å². The van der Waals surface area contributed by atoms with Crippen molar-refractivity contribution in [2.45, 2.75) is 347 Å². The highest BCUT2D eigenvalue weighted by atomic mass is 16.3. The normalized spacial score (nSPS) is 12.8. The maximum absolute atomic E-state index is 12.5. The molecule has 2 atom stereocenters. The molecule has 0 bridgehead atoms. The van der Waals surface area contributed by atoms with Crippen LogP contribution in [0.2, 0.25) is 0 Å². The fourth-order valence-corrected chi connectivity index (χ4v) is 9.36. The first-order chi connectivity index (χ1) is 30.7. The van der Waals surface area contributed by atoms with Crippen LogP contribution in [0.1, 0.15) is 335 Å². The van der Waals surface area contributed by atoms with E-state index in [1.165, 1.54) is 283 Å². The number of carbonyl (C=O) groups excluding carboxylic acids is 1. The first-order valence-electron chi connectivity index (χ1n) is 28.9. The van der Waals surface area contributed by atoms with Crippen LogP contribution >= 0.6 is 0 Å². The molecule has 370 valence electrons. The van der Waals surface area contributed by atoms with Gasteiger partial charge in [-0.15, -0.1) is 0 Å². The molecule has 0 spiro atoms. The molecule has 0 aliphatic heterocycles. The minimum atomic E-state index is -0.660. The number of carbonyl (C=O) groups is 1. The molecule has 0 aromatic heterocycles. The van der Waals surface area contributed by atoms with Crippen LogP contribution in [0.4, 0.5) is 0 Å². The van der Waals surface area contributed by atoms with Crippen molar-refractivity contribution >= 4 is 5.91 Å². The molecule has 3 N–H and O–H groups in total. The smallest absolute Gasteiger partial charge is 0.220 e. The van der Waals surface area contributed by atoms with Crippen molar-refractivity contribution in [2.24, 2.45) is 0 Å². The first-order valence-corrected chi connectivity index (χ1v) is 28.9. The standard InChI is InChI=1S/C58H115NO3/c1-3-5-7-9-11-13-15-17-19-21-23-24-25-26-27-28-29-30-31-32-33-34-35-36-37-39-41-43-45-47-49-51-53-57(61)56(55-60)59-58(62)54-52-50-48-46-44-42-40-38-22-20-18-16-14-12-10-8-6-4-2/h20,22,56-57,60-61H,3-19,21,23-55H2,1-2H3,(H,59,62)/b22-20-. The van der Waals surface area contributed by atoms with Crippen molar-refractivity contribution in [3.05, 3.63) is 12.2 Å². The summed E-state index contributed by atoms with van der Waals surface area (Å²) in [6, 6.07) is -0.537. The van der Waals surface area contributed by atoms with Crippen LogP contribution in [0.25, 0.3) is 0 Å². The Morgan fingerprint density at radius 3 is 0.887 bits per heavy atom. The fourth-order valence-electron chi connectivity index (χ4n) is 9.36. The van der Waals surface area contributed by atoms with Crippen LogP contribution < -0.4 is 5.32 Å². The zero-order valence-corrected chi connectivity index (χ0v) is 42.7. The van der Waals surface area contributed by atoms with Gasteiger partial charge < -0.3 is 15.5 Å². The van der Waals surface area contributed by atoms with Crippen molar-refractivity contribution < 1.29 is 15.0 Å². The van der Waals surface area contributed by atoms with Crippen molar-refractivity contribution in [3.63, 3.8) is 0 Å². The summed E-state index contributed by atoms with van der Waals surface area (Å²) in [4.78, 5) is 12.5. The van der Waals surface area contributed by atoms with E-state index in [9.17, 15) is 15.0 Å². The second-order valence-corrected chi connectivity index (χ2v) is 20.1. The second kappa shape index (κ2) is 54.5. The van der Waals surface area contributed by atoms with Crippen LogP contribution in [-0.4, -0.2) is 34.9 Å². The van der Waals surface area contributed by atoms with Gasteiger partial charge in [-0.3, -0.25) is 4.79 Å². The molecular weight excluding hydrogens is 759 g/mol. The third kappa shape index (κ3) is 50.1. The Balaban J connectivity index is 3.39. The zero-order chi connectivity index (χ0) is 44.9. The van der Waals surface area contributed by atoms with E-state index < -0.39 is 12.1 Å². The van der Waals surface area contributed by atoms with Gasteiger partial charge in [0, 0.05) is 6.42 Å². The molecule has 0 heterocycles. The number of amides is 1. The monoisotopic (exact) mass is 874 g/mol. The molecular formula is C58H115NO3. The summed E-state index contributed by atoms with van der Waals surface area (Å²) >= 11 is 0. The number of aliphatic hydroxyl groups excluding tert-OH is 2. The molecule has 0 aromatic rings. The predicted molar refractivity (Wildman–Crippen MR) is 276 cm³/mol. The molecule has 1 amide bonds. The van der Waals surface area contributed by atoms with Crippen LogP contribution in [0.3, 0.4) is 0 Å². The van der Waals surface area contributed by atoms with Gasteiger partial charge in [-0.1, -0.05) is 302 Å². The lowest BCUT2D eigenvalue weighted by atomic mass is 10.0. The molecule has 62 heavy (non-hydrogen) atoms. The maximum Gasteiger partial charge on any atom is 0.220 e. The van der Waals surface area contributed by atoms with Crippen LogP contribution in [0, 0.1) is 0 Å². The van der Waals surface area contributed by atoms with Crippen molar-refractivity contribution in [1.29, 1.82) is 0 Å². The van der Waals surface area contributed by atoms with Gasteiger partial charge in [0.1, 0.15) is 0 Å². The molecule has 0 radical (unpaired) electrons. The van der Waals surface area contributed by atoms with Gasteiger partial charge in [0.05, 0.1) is 18.8 Å². The highest BCUT2D eigenvalue weighted by Gasteiger charge is 2.20. The molecule has 0 rings (SSSR count). The number of aliphatic hydroxyl groups is 2. The lowest BCUT2D eigenvalue weighted by molar-refractivity contribution is -0.123. The molecule has 0 aliphatic carbocycles. The molecule has 4 nitrogen and oxygen atoms in total. The van der Waals surface area contributed by atoms with Gasteiger partial charge in [0.2, 0.25) is 5.91 Å². The van der Waals surface area contributed by atoms with E-state index in [1.807, 2.05) is 0 Å². The Bertz CT molecular complexity index is 860. The molecule has 0 aromatic carbocycles. The summed E-state index contributed by atoms with van der Waals surface area (Å²) < 4.78 is 0. The van der Waals surface area contributed by atoms with Gasteiger partial charge >= 0.3 is 0 Å². The first kappa shape index (κ1) is 61.1. The highest BCUT2D eigenvalue weighted by Crippen LogP contribution is 2.18. The van der Waals surface area contributed by atoms with Gasteiger partial charge in [-0.05, 0) is 38.5 Å². The van der Waals surface area contributed by atoms with Crippen molar-refractivity contribution in [3.8, 4) is 0 Å². The maximum atomic E-state index is 12.5. The van der Waals surface area contributed by atoms with E-state index in [4.69, 9.17) is 0 Å². The van der Waals surface area contributed by atoms with E-state index in [1.54, 1.807) is 0 Å². The number of unbranched alkanes of at least 4 members (excludes halogenated alkanes) is 45. The van der Waals surface area contributed by atoms with E-state index in [-0.39, 0.29) is 12.5 Å². The zero-order valence-electron chi connectivity index (χ0n) is 42.7. The summed E-state index contributed by atoms with van der Waals surface area (Å²) in [5.74, 6) is -0.0302. The minimum absolute atomic E-state index is 0.0302. The van der Waals surface area contributed by atoms with E-state index in [2.05, 4.69) is 31.3 Å². The molecule has 0 aliphatic rings. The average molecular weight is 875 g/mol. The largest absolute Gasteiger partial charge is 0.394 e. The number of rotatable bonds is 54. The molecule has 0 fully saturated rings. The average Bonchev–Trinajstić information content (AvgIpc) is 3.28. The van der Waals surface area contributed by atoms with Crippen LogP contribution in [0.5, 0.6) is 0 Å². The lowest BCUT2D eigenvalue weighted by Gasteiger charge is -2.22. The predicted octanol–water partition coefficient (Wildman–Crippen LogP) is 18.9. The Kier molecular flexibility index (Phi) is 53.7. The van der Waals surface area contributed by atoms with E-state index in [0.717, 1.165) is 25.7 Å². The topological polar surface area (TPSA) is 69.6 Å². The summed E-state index contributed by atoms with van der Waals surface area (Å²) in [5.41, 5.74) is 0. The summed E-state index contributed by atoms with van der Waals surface area (Å²) in [6.07, 6.45) is 70.7. The number of allylic oxidation sites excluding steroid dienone is 2. The minimum Gasteiger partial charge on any atom is -0.394 e. The SMILES string of the molecule is CCCCCCCCC/C=C\CCCCCCCCCC(=O)NC(CO)C(O)CCCCCCCCCCCCCCCCCCCCCCCCCCCCCCCCCC. The number of nitrogens with one attached hydrogen (secondary N) is 1. The second-order valence-electron chi connectivity index (χ2n) is 20.1. The summed E-state index contributed by atoms with van der Waals surface area (Å²) in [7, 11) is 0. The Morgan fingerprint density at radius 2 is 0.613 bits per heavy atom. The lowest BCUT2D eigenvalue weighted by Crippen LogP contribution is -2.45. The quantitative estimate of drug-likeness (QED) is 0.0421. The molecule has 0 saturated heterocycles. The molecule has 4 heteroatoms. The van der Waals surface area contributed by atoms with E-state index in [0.29, 0.717) is 12.8 Å². The third-order valence-electron chi connectivity index (χ3n) is 13.8. The Morgan fingerprint density at radius 1 is 0.371 bits per heavy atom. The highest BCUT2D eigenvalue weighted by molar-refractivity contribution is 5.76. The summed E-state index contributed by atoms with van der Waals surface area (Å²) in [5, 5.41) is 23.3. The van der Waals surface area contributed by atoms with E-state index >= 15 is 0 Å². The number of hydrogen-bond donors (Lipinski definition) is 3.